The van der Waals surface area contributed by atoms with Crippen LogP contribution in [-0.4, -0.2) is 44.5 Å². The van der Waals surface area contributed by atoms with Crippen molar-refractivity contribution in [2.24, 2.45) is 0 Å². The number of benzene rings is 3. The van der Waals surface area contributed by atoms with Crippen molar-refractivity contribution in [3.63, 3.8) is 0 Å². The highest BCUT2D eigenvalue weighted by atomic mass is 32.2. The first kappa shape index (κ1) is 29.8. The lowest BCUT2D eigenvalue weighted by Crippen LogP contribution is -2.14. The summed E-state index contributed by atoms with van der Waals surface area (Å²) in [5, 5.41) is 18.1. The Labute approximate surface area is 283 Å². The summed E-state index contributed by atoms with van der Waals surface area (Å²) in [5.41, 5.74) is 7.35. The van der Waals surface area contributed by atoms with Crippen LogP contribution in [0.1, 0.15) is 22.6 Å². The van der Waals surface area contributed by atoms with Crippen LogP contribution < -0.4 is 11.1 Å². The van der Waals surface area contributed by atoms with Gasteiger partial charge in [-0.25, -0.2) is 15.0 Å². The van der Waals surface area contributed by atoms with E-state index in [9.17, 15) is 14.9 Å². The summed E-state index contributed by atoms with van der Waals surface area (Å²) < 4.78 is 3.75. The molecule has 0 aliphatic heterocycles. The van der Waals surface area contributed by atoms with Crippen LogP contribution in [0.15, 0.2) is 97.0 Å². The summed E-state index contributed by atoms with van der Waals surface area (Å²) in [6.45, 7) is 1.96. The maximum atomic E-state index is 12.8. The van der Waals surface area contributed by atoms with E-state index in [0.29, 0.717) is 34.5 Å². The Morgan fingerprint density at radius 3 is 2.15 bits per heavy atom. The Hall–Kier alpha value is -5.56. The van der Waals surface area contributed by atoms with E-state index in [1.165, 1.54) is 21.1 Å². The van der Waals surface area contributed by atoms with Crippen LogP contribution in [0, 0.1) is 18.3 Å². The van der Waals surface area contributed by atoms with E-state index < -0.39 is 0 Å². The molecule has 0 aliphatic carbocycles. The number of aromatic nitrogens is 9. The van der Waals surface area contributed by atoms with E-state index in [2.05, 4.69) is 36.2 Å². The molecule has 236 valence electrons. The van der Waals surface area contributed by atoms with Gasteiger partial charge in [-0.3, -0.25) is 19.8 Å². The van der Waals surface area contributed by atoms with Crippen LogP contribution in [-0.2, 0) is 11.5 Å². The maximum absolute atomic E-state index is 12.8. The van der Waals surface area contributed by atoms with Crippen molar-refractivity contribution in [2.75, 3.05) is 0 Å². The number of imidazole rings is 2. The van der Waals surface area contributed by atoms with Crippen molar-refractivity contribution in [1.82, 2.24) is 44.5 Å². The first-order chi connectivity index (χ1) is 23.4. The number of nitrogens with one attached hydrogen (secondary N) is 4. The molecule has 12 nitrogen and oxygen atoms in total. The molecule has 0 radical (unpaired) electrons. The highest BCUT2D eigenvalue weighted by Gasteiger charge is 2.14. The Balaban J connectivity index is 1.02. The van der Waals surface area contributed by atoms with Crippen LogP contribution in [0.25, 0.3) is 45.1 Å². The highest BCUT2D eigenvalue weighted by molar-refractivity contribution is 8.00. The number of nitrogens with zero attached hydrogens (tertiary/aromatic N) is 6. The minimum absolute atomic E-state index is 0.210. The smallest absolute Gasteiger partial charge is 0.274 e. The van der Waals surface area contributed by atoms with E-state index in [0.717, 1.165) is 54.0 Å². The molecule has 4 N–H and O–H groups in total. The first-order valence-corrected chi connectivity index (χ1v) is 17.5. The highest BCUT2D eigenvalue weighted by Crippen LogP contribution is 2.31. The monoisotopic (exact) mass is 688 g/mol. The number of aryl methyl sites for hydroxylation is 1. The lowest BCUT2D eigenvalue weighted by atomic mass is 10.0. The standard InChI is InChI=1S/C33H24N10O2S3/c1-18-15-47-33(35-18)48-17-23-13-30(45)43(41-23)32-38-27-7-6-20(11-28(27)39-32)21-8-19(14-34)9-24(10-21)46-16-22-12-29(44)42(40-22)31-36-25-4-2-3-5-26(25)37-31/h2-13,15,40-41H,16-17H2,1H3,(H,36,37)(H,38,39). The summed E-state index contributed by atoms with van der Waals surface area (Å²) in [4.78, 5) is 46.5. The van der Waals surface area contributed by atoms with Crippen LogP contribution in [0.2, 0.25) is 0 Å². The van der Waals surface area contributed by atoms with Gasteiger partial charge in [-0.1, -0.05) is 30.0 Å². The summed E-state index contributed by atoms with van der Waals surface area (Å²) in [6.07, 6.45) is 0. The van der Waals surface area contributed by atoms with Gasteiger partial charge in [0.2, 0.25) is 11.9 Å². The van der Waals surface area contributed by atoms with Crippen molar-refractivity contribution in [1.29, 1.82) is 5.26 Å². The van der Waals surface area contributed by atoms with E-state index >= 15 is 0 Å². The fourth-order valence-electron chi connectivity index (χ4n) is 5.29. The SMILES string of the molecule is Cc1csc(SCc2cc(=O)n(-c3nc4cc(-c5cc(C#N)cc(SCc6cc(=O)n(-c7nc8ccccc8[nH]7)[nH]6)c5)ccc4[nH]3)[nH]2)n1. The molecule has 0 saturated carbocycles. The largest absolute Gasteiger partial charge is 0.322 e. The molecule has 48 heavy (non-hydrogen) atoms. The Bertz CT molecular complexity index is 2590. The number of hydrogen-bond donors (Lipinski definition) is 4. The molecule has 5 heterocycles. The van der Waals surface area contributed by atoms with Crippen LogP contribution in [0.4, 0.5) is 0 Å². The second-order valence-electron chi connectivity index (χ2n) is 11.0. The van der Waals surface area contributed by atoms with Gasteiger partial charge in [0.15, 0.2) is 0 Å². The van der Waals surface area contributed by atoms with E-state index in [1.54, 1.807) is 35.2 Å². The molecule has 0 bridgehead atoms. The molecule has 0 aliphatic rings. The number of thiazole rings is 1. The zero-order chi connectivity index (χ0) is 32.8. The Morgan fingerprint density at radius 1 is 0.771 bits per heavy atom. The second kappa shape index (κ2) is 12.2. The second-order valence-corrected chi connectivity index (χ2v) is 14.1. The lowest BCUT2D eigenvalue weighted by Gasteiger charge is -2.07. The normalized spacial score (nSPS) is 11.5. The quantitative estimate of drug-likeness (QED) is 0.128. The van der Waals surface area contributed by atoms with Crippen LogP contribution in [0.3, 0.4) is 0 Å². The molecular weight excluding hydrogens is 665 g/mol. The van der Waals surface area contributed by atoms with Crippen LogP contribution >= 0.6 is 34.9 Å². The van der Waals surface area contributed by atoms with Crippen LogP contribution in [0.5, 0.6) is 0 Å². The van der Waals surface area contributed by atoms with Gasteiger partial charge in [-0.15, -0.1) is 23.1 Å². The number of H-pyrrole nitrogens is 4. The van der Waals surface area contributed by atoms with E-state index in [1.807, 2.05) is 73.0 Å². The summed E-state index contributed by atoms with van der Waals surface area (Å²) in [6, 6.07) is 24.5. The molecule has 8 aromatic rings. The predicted octanol–water partition coefficient (Wildman–Crippen LogP) is 6.29. The first-order valence-electron chi connectivity index (χ1n) is 14.7. The Kier molecular flexibility index (Phi) is 7.60. The van der Waals surface area contributed by atoms with Gasteiger partial charge in [-0.2, -0.15) is 14.6 Å². The van der Waals surface area contributed by atoms with Gasteiger partial charge >= 0.3 is 0 Å². The number of rotatable bonds is 9. The minimum Gasteiger partial charge on any atom is -0.322 e. The van der Waals surface area contributed by atoms with Crippen molar-refractivity contribution in [3.05, 3.63) is 122 Å². The number of nitriles is 1. The molecule has 0 saturated heterocycles. The molecule has 15 heteroatoms. The number of aromatic amines is 4. The number of thioether (sulfide) groups is 2. The third-order valence-corrected chi connectivity index (χ3v) is 10.7. The van der Waals surface area contributed by atoms with E-state index in [4.69, 9.17) is 4.98 Å². The van der Waals surface area contributed by atoms with E-state index in [-0.39, 0.29) is 11.1 Å². The number of hydrogen-bond acceptors (Lipinski definition) is 9. The van der Waals surface area contributed by atoms with Gasteiger partial charge in [0.25, 0.3) is 11.1 Å². The molecule has 0 unspecified atom stereocenters. The fraction of sp³-hybridized carbons (Fsp3) is 0.0909. The summed E-state index contributed by atoms with van der Waals surface area (Å²) >= 11 is 4.67. The molecule has 0 atom stereocenters. The average molecular weight is 689 g/mol. The number of para-hydroxylation sites is 2. The predicted molar refractivity (Wildman–Crippen MR) is 188 cm³/mol. The topological polar surface area (TPSA) is 170 Å². The van der Waals surface area contributed by atoms with Gasteiger partial charge in [0.1, 0.15) is 4.34 Å². The van der Waals surface area contributed by atoms with Crippen molar-refractivity contribution in [2.45, 2.75) is 27.7 Å². The van der Waals surface area contributed by atoms with Gasteiger partial charge < -0.3 is 9.97 Å². The van der Waals surface area contributed by atoms with Gasteiger partial charge in [0, 0.05) is 51.0 Å². The van der Waals surface area contributed by atoms with Gasteiger partial charge in [-0.05, 0) is 60.5 Å². The fourth-order valence-corrected chi connectivity index (χ4v) is 7.93. The molecule has 3 aromatic carbocycles. The summed E-state index contributed by atoms with van der Waals surface area (Å²) in [5.74, 6) is 1.87. The van der Waals surface area contributed by atoms with Crippen molar-refractivity contribution < 1.29 is 0 Å². The average Bonchev–Trinajstić information content (AvgIpc) is 3.92. The summed E-state index contributed by atoms with van der Waals surface area (Å²) in [7, 11) is 0. The van der Waals surface area contributed by atoms with Gasteiger partial charge in [0.05, 0.1) is 33.7 Å². The van der Waals surface area contributed by atoms with Crippen molar-refractivity contribution in [3.8, 4) is 29.1 Å². The zero-order valence-corrected chi connectivity index (χ0v) is 27.6. The molecule has 0 spiro atoms. The Morgan fingerprint density at radius 2 is 1.46 bits per heavy atom. The minimum atomic E-state index is -0.217. The maximum Gasteiger partial charge on any atom is 0.274 e. The molecule has 8 rings (SSSR count). The zero-order valence-electron chi connectivity index (χ0n) is 25.1. The third-order valence-electron chi connectivity index (χ3n) is 7.53. The molecule has 0 amide bonds. The lowest BCUT2D eigenvalue weighted by molar-refractivity contribution is 0.789. The molecule has 5 aromatic heterocycles. The molecule has 0 fully saturated rings. The molecular formula is C33H24N10O2S3. The number of fused-ring (bicyclic) bond motifs is 2. The van der Waals surface area contributed by atoms with Crippen molar-refractivity contribution >= 4 is 56.9 Å². The third kappa shape index (κ3) is 5.88.